The molecule has 2 nitrogen and oxygen atoms in total. The van der Waals surface area contributed by atoms with Crippen LogP contribution in [0, 0.1) is 11.8 Å². The van der Waals surface area contributed by atoms with E-state index < -0.39 is 0 Å². The van der Waals surface area contributed by atoms with Gasteiger partial charge in [0.1, 0.15) is 0 Å². The fraction of sp³-hybridized carbons (Fsp3) is 1.00. The van der Waals surface area contributed by atoms with E-state index in [-0.39, 0.29) is 5.54 Å². The van der Waals surface area contributed by atoms with E-state index in [0.29, 0.717) is 5.92 Å². The Morgan fingerprint density at radius 2 is 2.08 bits per heavy atom. The van der Waals surface area contributed by atoms with Crippen LogP contribution in [-0.4, -0.2) is 18.8 Å². The zero-order chi connectivity index (χ0) is 9.19. The summed E-state index contributed by atoms with van der Waals surface area (Å²) >= 11 is 0. The Morgan fingerprint density at radius 3 is 2.50 bits per heavy atom. The summed E-state index contributed by atoms with van der Waals surface area (Å²) in [5.74, 6) is 1.32. The third kappa shape index (κ3) is 2.20. The largest absolute Gasteiger partial charge is 0.379 e. The quantitative estimate of drug-likeness (QED) is 0.702. The van der Waals surface area contributed by atoms with Crippen molar-refractivity contribution < 1.29 is 4.74 Å². The van der Waals surface area contributed by atoms with E-state index in [1.807, 2.05) is 0 Å². The highest BCUT2D eigenvalue weighted by molar-refractivity contribution is 4.92. The van der Waals surface area contributed by atoms with Crippen LogP contribution in [0.25, 0.3) is 0 Å². The van der Waals surface area contributed by atoms with Gasteiger partial charge in [0.05, 0.1) is 6.61 Å². The first-order valence-corrected chi connectivity index (χ1v) is 4.91. The third-order valence-corrected chi connectivity index (χ3v) is 2.89. The Kier molecular flexibility index (Phi) is 3.13. The highest BCUT2D eigenvalue weighted by atomic mass is 16.5. The van der Waals surface area contributed by atoms with Crippen molar-refractivity contribution in [3.05, 3.63) is 0 Å². The lowest BCUT2D eigenvalue weighted by molar-refractivity contribution is 0.154. The lowest BCUT2D eigenvalue weighted by atomic mass is 9.80. The topological polar surface area (TPSA) is 35.2 Å². The first kappa shape index (κ1) is 10.0. The molecule has 1 aliphatic heterocycles. The van der Waals surface area contributed by atoms with Crippen LogP contribution in [0.15, 0.2) is 0 Å². The van der Waals surface area contributed by atoms with Crippen molar-refractivity contribution in [3.63, 3.8) is 0 Å². The van der Waals surface area contributed by atoms with Crippen LogP contribution in [0.4, 0.5) is 0 Å². The molecule has 2 heteroatoms. The number of hydrogen-bond acceptors (Lipinski definition) is 2. The van der Waals surface area contributed by atoms with E-state index >= 15 is 0 Å². The maximum absolute atomic E-state index is 6.23. The van der Waals surface area contributed by atoms with Gasteiger partial charge in [0.25, 0.3) is 0 Å². The van der Waals surface area contributed by atoms with Crippen LogP contribution in [-0.2, 0) is 4.74 Å². The second-order valence-corrected chi connectivity index (χ2v) is 4.57. The highest BCUT2D eigenvalue weighted by Crippen LogP contribution is 2.28. The molecule has 2 N–H and O–H groups in total. The zero-order valence-electron chi connectivity index (χ0n) is 8.47. The smallest absolute Gasteiger partial charge is 0.0649 e. The second-order valence-electron chi connectivity index (χ2n) is 4.57. The molecule has 0 radical (unpaired) electrons. The minimum absolute atomic E-state index is 0.0374. The van der Waals surface area contributed by atoms with Crippen LogP contribution >= 0.6 is 0 Å². The van der Waals surface area contributed by atoms with Gasteiger partial charge >= 0.3 is 0 Å². The van der Waals surface area contributed by atoms with Gasteiger partial charge in [-0.1, -0.05) is 20.8 Å². The predicted octanol–water partition coefficient (Wildman–Crippen LogP) is 1.79. The van der Waals surface area contributed by atoms with Crippen LogP contribution in [0.3, 0.4) is 0 Å². The number of hydrogen-bond donors (Lipinski definition) is 1. The molecule has 0 amide bonds. The van der Waals surface area contributed by atoms with Crippen molar-refractivity contribution >= 4 is 0 Å². The normalized spacial score (nSPS) is 32.8. The molecule has 0 aromatic rings. The van der Waals surface area contributed by atoms with E-state index in [1.54, 1.807) is 0 Å². The average Bonchev–Trinajstić information content (AvgIpc) is 2.36. The highest BCUT2D eigenvalue weighted by Gasteiger charge is 2.35. The average molecular weight is 171 g/mol. The fourth-order valence-corrected chi connectivity index (χ4v) is 1.93. The minimum atomic E-state index is -0.0374. The van der Waals surface area contributed by atoms with Gasteiger partial charge in [-0.05, 0) is 24.7 Å². The number of rotatable bonds is 3. The van der Waals surface area contributed by atoms with Crippen LogP contribution in [0.5, 0.6) is 0 Å². The third-order valence-electron chi connectivity index (χ3n) is 2.89. The SMILES string of the molecule is CC(C)CC(C)C1(N)CCOC1. The van der Waals surface area contributed by atoms with Gasteiger partial charge in [-0.3, -0.25) is 0 Å². The molecular formula is C10H21NO. The molecular weight excluding hydrogens is 150 g/mol. The van der Waals surface area contributed by atoms with Crippen molar-refractivity contribution in [2.75, 3.05) is 13.2 Å². The molecule has 0 bridgehead atoms. The van der Waals surface area contributed by atoms with E-state index in [2.05, 4.69) is 20.8 Å². The van der Waals surface area contributed by atoms with Crippen molar-refractivity contribution in [2.45, 2.75) is 39.2 Å². The Hall–Kier alpha value is -0.0800. The van der Waals surface area contributed by atoms with E-state index in [4.69, 9.17) is 10.5 Å². The zero-order valence-corrected chi connectivity index (χ0v) is 8.47. The molecule has 12 heavy (non-hydrogen) atoms. The molecule has 1 saturated heterocycles. The van der Waals surface area contributed by atoms with Crippen LogP contribution < -0.4 is 5.73 Å². The Labute approximate surface area is 75.5 Å². The Morgan fingerprint density at radius 1 is 1.42 bits per heavy atom. The molecule has 72 valence electrons. The van der Waals surface area contributed by atoms with E-state index in [1.165, 1.54) is 6.42 Å². The Balaban J connectivity index is 2.44. The lowest BCUT2D eigenvalue weighted by Gasteiger charge is -2.30. The van der Waals surface area contributed by atoms with E-state index in [9.17, 15) is 0 Å². The maximum atomic E-state index is 6.23. The van der Waals surface area contributed by atoms with Gasteiger partial charge < -0.3 is 10.5 Å². The predicted molar refractivity (Wildman–Crippen MR) is 51.0 cm³/mol. The summed E-state index contributed by atoms with van der Waals surface area (Å²) in [6, 6.07) is 0. The van der Waals surface area contributed by atoms with Crippen LogP contribution in [0.2, 0.25) is 0 Å². The summed E-state index contributed by atoms with van der Waals surface area (Å²) in [7, 11) is 0. The standard InChI is InChI=1S/C10H21NO/c1-8(2)6-9(3)10(11)4-5-12-7-10/h8-9H,4-7,11H2,1-3H3. The number of nitrogens with two attached hydrogens (primary N) is 1. The van der Waals surface area contributed by atoms with Crippen molar-refractivity contribution in [2.24, 2.45) is 17.6 Å². The second kappa shape index (κ2) is 3.75. The van der Waals surface area contributed by atoms with Gasteiger partial charge in [0.2, 0.25) is 0 Å². The number of ether oxygens (including phenoxy) is 1. The first-order chi connectivity index (χ1) is 5.54. The molecule has 1 aliphatic rings. The monoisotopic (exact) mass is 171 g/mol. The molecule has 0 spiro atoms. The molecule has 0 saturated carbocycles. The van der Waals surface area contributed by atoms with Gasteiger partial charge in [0.15, 0.2) is 0 Å². The summed E-state index contributed by atoms with van der Waals surface area (Å²) in [4.78, 5) is 0. The van der Waals surface area contributed by atoms with Gasteiger partial charge in [0, 0.05) is 12.1 Å². The van der Waals surface area contributed by atoms with Gasteiger partial charge in [-0.2, -0.15) is 0 Å². The molecule has 2 atom stereocenters. The maximum Gasteiger partial charge on any atom is 0.0649 e. The van der Waals surface area contributed by atoms with E-state index in [0.717, 1.165) is 25.6 Å². The summed E-state index contributed by atoms with van der Waals surface area (Å²) in [5, 5.41) is 0. The fourth-order valence-electron chi connectivity index (χ4n) is 1.93. The molecule has 1 rings (SSSR count). The molecule has 1 heterocycles. The minimum Gasteiger partial charge on any atom is -0.379 e. The molecule has 0 aliphatic carbocycles. The van der Waals surface area contributed by atoms with Crippen LogP contribution in [0.1, 0.15) is 33.6 Å². The first-order valence-electron chi connectivity index (χ1n) is 4.91. The van der Waals surface area contributed by atoms with Crippen molar-refractivity contribution in [1.82, 2.24) is 0 Å². The Bertz CT molecular complexity index is 139. The lowest BCUT2D eigenvalue weighted by Crippen LogP contribution is -2.47. The molecule has 0 aromatic heterocycles. The summed E-state index contributed by atoms with van der Waals surface area (Å²) < 4.78 is 5.34. The molecule has 0 aromatic carbocycles. The van der Waals surface area contributed by atoms with Crippen molar-refractivity contribution in [3.8, 4) is 0 Å². The summed E-state index contributed by atoms with van der Waals surface area (Å²) in [6.07, 6.45) is 2.24. The van der Waals surface area contributed by atoms with Gasteiger partial charge in [-0.25, -0.2) is 0 Å². The molecule has 2 unspecified atom stereocenters. The summed E-state index contributed by atoms with van der Waals surface area (Å²) in [5.41, 5.74) is 6.19. The van der Waals surface area contributed by atoms with Crippen molar-refractivity contribution in [1.29, 1.82) is 0 Å². The van der Waals surface area contributed by atoms with Gasteiger partial charge in [-0.15, -0.1) is 0 Å². The summed E-state index contributed by atoms with van der Waals surface area (Å²) in [6.45, 7) is 8.33. The molecule has 1 fully saturated rings.